The smallest absolute Gasteiger partial charge is 0.239 e. The molecule has 5 nitrogen and oxygen atoms in total. The minimum Gasteiger partial charge on any atom is -0.376 e. The van der Waals surface area contributed by atoms with E-state index in [2.05, 4.69) is 15.6 Å². The van der Waals surface area contributed by atoms with Crippen LogP contribution in [0.15, 0.2) is 61.1 Å². The van der Waals surface area contributed by atoms with Gasteiger partial charge in [0, 0.05) is 29.7 Å². The molecule has 0 aliphatic heterocycles. The molecule has 0 aliphatic carbocycles. The first-order valence-corrected chi connectivity index (χ1v) is 7.97. The topological polar surface area (TPSA) is 59.0 Å². The van der Waals surface area contributed by atoms with Gasteiger partial charge in [-0.3, -0.25) is 4.79 Å². The molecule has 0 unspecified atom stereocenters. The van der Waals surface area contributed by atoms with Crippen molar-refractivity contribution in [3.8, 4) is 5.69 Å². The van der Waals surface area contributed by atoms with Gasteiger partial charge in [0.05, 0.1) is 18.6 Å². The van der Waals surface area contributed by atoms with Gasteiger partial charge >= 0.3 is 0 Å². The standard InChI is InChI=1S/C19H19FN4O/c1-14-12-24(13-23-14)17-8-6-16(7-9-17)21-11-19(25)22-10-15-4-2-3-5-18(15)20/h2-9,12-13,21H,10-11H2,1H3,(H,22,25). The highest BCUT2D eigenvalue weighted by Gasteiger charge is 2.05. The first-order valence-electron chi connectivity index (χ1n) is 7.97. The summed E-state index contributed by atoms with van der Waals surface area (Å²) in [6.07, 6.45) is 3.70. The predicted molar refractivity (Wildman–Crippen MR) is 95.0 cm³/mol. The Labute approximate surface area is 145 Å². The SMILES string of the molecule is Cc1cn(-c2ccc(NCC(=O)NCc3ccccc3F)cc2)cn1. The number of rotatable bonds is 6. The van der Waals surface area contributed by atoms with Crippen LogP contribution in [0.2, 0.25) is 0 Å². The quantitative estimate of drug-likeness (QED) is 0.726. The number of carbonyl (C=O) groups is 1. The molecule has 0 bridgehead atoms. The summed E-state index contributed by atoms with van der Waals surface area (Å²) in [5, 5.41) is 5.74. The lowest BCUT2D eigenvalue weighted by Gasteiger charge is -2.09. The van der Waals surface area contributed by atoms with E-state index in [0.29, 0.717) is 5.56 Å². The monoisotopic (exact) mass is 338 g/mol. The number of aromatic nitrogens is 2. The molecular weight excluding hydrogens is 319 g/mol. The summed E-state index contributed by atoms with van der Waals surface area (Å²) in [6, 6.07) is 14.1. The van der Waals surface area contributed by atoms with E-state index in [1.165, 1.54) is 6.07 Å². The first-order chi connectivity index (χ1) is 12.1. The molecule has 25 heavy (non-hydrogen) atoms. The summed E-state index contributed by atoms with van der Waals surface area (Å²) in [5.41, 5.74) is 3.25. The van der Waals surface area contributed by atoms with E-state index >= 15 is 0 Å². The zero-order chi connectivity index (χ0) is 17.6. The number of aryl methyl sites for hydroxylation is 1. The van der Waals surface area contributed by atoms with Gasteiger partial charge in [-0.25, -0.2) is 9.37 Å². The molecule has 0 fully saturated rings. The molecule has 1 aromatic heterocycles. The summed E-state index contributed by atoms with van der Waals surface area (Å²) in [4.78, 5) is 16.1. The van der Waals surface area contributed by atoms with Gasteiger partial charge in [-0.05, 0) is 37.3 Å². The zero-order valence-corrected chi connectivity index (χ0v) is 13.9. The van der Waals surface area contributed by atoms with E-state index in [9.17, 15) is 9.18 Å². The third kappa shape index (κ3) is 4.44. The Morgan fingerprint density at radius 2 is 1.92 bits per heavy atom. The van der Waals surface area contributed by atoms with Crippen LogP contribution >= 0.6 is 0 Å². The minimum atomic E-state index is -0.318. The number of halogens is 1. The Hall–Kier alpha value is -3.15. The molecule has 1 heterocycles. The molecule has 0 spiro atoms. The number of carbonyl (C=O) groups excluding carboxylic acids is 1. The van der Waals surface area contributed by atoms with E-state index < -0.39 is 0 Å². The number of benzene rings is 2. The van der Waals surface area contributed by atoms with Crippen molar-refractivity contribution in [3.05, 3.63) is 78.1 Å². The van der Waals surface area contributed by atoms with Gasteiger partial charge in [-0.15, -0.1) is 0 Å². The average molecular weight is 338 g/mol. The van der Waals surface area contributed by atoms with Crippen molar-refractivity contribution < 1.29 is 9.18 Å². The Morgan fingerprint density at radius 1 is 1.16 bits per heavy atom. The fraction of sp³-hybridized carbons (Fsp3) is 0.158. The lowest BCUT2D eigenvalue weighted by atomic mass is 10.2. The maximum atomic E-state index is 13.5. The van der Waals surface area contributed by atoms with E-state index in [4.69, 9.17) is 0 Å². The van der Waals surface area contributed by atoms with Gasteiger partial charge in [-0.1, -0.05) is 18.2 Å². The molecule has 0 saturated heterocycles. The molecule has 3 rings (SSSR count). The summed E-state index contributed by atoms with van der Waals surface area (Å²) in [5.74, 6) is -0.515. The molecule has 3 aromatic rings. The summed E-state index contributed by atoms with van der Waals surface area (Å²) in [7, 11) is 0. The third-order valence-electron chi connectivity index (χ3n) is 3.76. The van der Waals surface area contributed by atoms with E-state index in [1.807, 2.05) is 42.0 Å². The molecule has 0 radical (unpaired) electrons. The minimum absolute atomic E-state index is 0.123. The molecule has 6 heteroatoms. The van der Waals surface area contributed by atoms with E-state index in [-0.39, 0.29) is 24.8 Å². The summed E-state index contributed by atoms with van der Waals surface area (Å²) in [6.45, 7) is 2.23. The Bertz CT molecular complexity index is 858. The van der Waals surface area contributed by atoms with Crippen molar-refractivity contribution in [1.82, 2.24) is 14.9 Å². The van der Waals surface area contributed by atoms with E-state index in [0.717, 1.165) is 17.1 Å². The molecule has 0 aliphatic rings. The number of amides is 1. The zero-order valence-electron chi connectivity index (χ0n) is 13.9. The fourth-order valence-electron chi connectivity index (χ4n) is 2.39. The second-order valence-corrected chi connectivity index (χ2v) is 5.69. The number of nitrogens with one attached hydrogen (secondary N) is 2. The molecule has 128 valence electrons. The molecular formula is C19H19FN4O. The maximum absolute atomic E-state index is 13.5. The second-order valence-electron chi connectivity index (χ2n) is 5.69. The fourth-order valence-corrected chi connectivity index (χ4v) is 2.39. The highest BCUT2D eigenvalue weighted by Crippen LogP contribution is 2.13. The largest absolute Gasteiger partial charge is 0.376 e. The third-order valence-corrected chi connectivity index (χ3v) is 3.76. The van der Waals surface area contributed by atoms with Crippen LogP contribution in [0.1, 0.15) is 11.3 Å². The van der Waals surface area contributed by atoms with Crippen molar-refractivity contribution in [2.45, 2.75) is 13.5 Å². The number of hydrogen-bond donors (Lipinski definition) is 2. The lowest BCUT2D eigenvalue weighted by Crippen LogP contribution is -2.29. The predicted octanol–water partition coefficient (Wildman–Crippen LogP) is 3.05. The van der Waals surface area contributed by atoms with E-state index in [1.54, 1.807) is 24.5 Å². The summed E-state index contributed by atoms with van der Waals surface area (Å²) < 4.78 is 15.4. The molecule has 2 N–H and O–H groups in total. The van der Waals surface area contributed by atoms with Crippen molar-refractivity contribution >= 4 is 11.6 Å². The van der Waals surface area contributed by atoms with Gasteiger partial charge in [0.15, 0.2) is 0 Å². The number of nitrogens with zero attached hydrogens (tertiary/aromatic N) is 2. The molecule has 2 aromatic carbocycles. The maximum Gasteiger partial charge on any atom is 0.239 e. The molecule has 1 amide bonds. The number of imidazole rings is 1. The van der Waals surface area contributed by atoms with Crippen molar-refractivity contribution in [2.24, 2.45) is 0 Å². The van der Waals surface area contributed by atoms with Crippen LogP contribution in [-0.2, 0) is 11.3 Å². The van der Waals surface area contributed by atoms with Crippen LogP contribution in [0.5, 0.6) is 0 Å². The number of hydrogen-bond acceptors (Lipinski definition) is 3. The highest BCUT2D eigenvalue weighted by molar-refractivity contribution is 5.80. The first kappa shape index (κ1) is 16.7. The van der Waals surface area contributed by atoms with Gasteiger partial charge in [-0.2, -0.15) is 0 Å². The average Bonchev–Trinajstić information content (AvgIpc) is 3.06. The van der Waals surface area contributed by atoms with Gasteiger partial charge in [0.2, 0.25) is 5.91 Å². The van der Waals surface area contributed by atoms with Crippen LogP contribution in [0, 0.1) is 12.7 Å². The highest BCUT2D eigenvalue weighted by atomic mass is 19.1. The molecule has 0 atom stereocenters. The second kappa shape index (κ2) is 7.61. The summed E-state index contributed by atoms with van der Waals surface area (Å²) >= 11 is 0. The van der Waals surface area contributed by atoms with Crippen LogP contribution in [0.4, 0.5) is 10.1 Å². The molecule has 0 saturated carbocycles. The lowest BCUT2D eigenvalue weighted by molar-refractivity contribution is -0.119. The van der Waals surface area contributed by atoms with Crippen LogP contribution in [0.3, 0.4) is 0 Å². The normalized spacial score (nSPS) is 10.5. The van der Waals surface area contributed by atoms with Crippen LogP contribution in [-0.4, -0.2) is 22.0 Å². The number of anilines is 1. The van der Waals surface area contributed by atoms with Crippen molar-refractivity contribution in [3.63, 3.8) is 0 Å². The van der Waals surface area contributed by atoms with Gasteiger partial charge in [0.25, 0.3) is 0 Å². The Morgan fingerprint density at radius 3 is 2.60 bits per heavy atom. The van der Waals surface area contributed by atoms with Crippen LogP contribution < -0.4 is 10.6 Å². The van der Waals surface area contributed by atoms with Gasteiger partial charge < -0.3 is 15.2 Å². The Kier molecular flexibility index (Phi) is 5.09. The van der Waals surface area contributed by atoms with Crippen molar-refractivity contribution in [1.29, 1.82) is 0 Å². The Balaban J connectivity index is 1.49. The van der Waals surface area contributed by atoms with Crippen LogP contribution in [0.25, 0.3) is 5.69 Å². The van der Waals surface area contributed by atoms with Crippen molar-refractivity contribution in [2.75, 3.05) is 11.9 Å². The van der Waals surface area contributed by atoms with Gasteiger partial charge in [0.1, 0.15) is 5.82 Å².